The van der Waals surface area contributed by atoms with Crippen LogP contribution in [0.3, 0.4) is 0 Å². The Bertz CT molecular complexity index is 350. The highest BCUT2D eigenvalue weighted by molar-refractivity contribution is 5.92. The van der Waals surface area contributed by atoms with E-state index in [0.717, 1.165) is 5.69 Å². The summed E-state index contributed by atoms with van der Waals surface area (Å²) in [5, 5.41) is 0. The van der Waals surface area contributed by atoms with Gasteiger partial charge in [0.25, 0.3) is 0 Å². The Kier molecular flexibility index (Phi) is 3.30. The van der Waals surface area contributed by atoms with E-state index in [4.69, 9.17) is 6.42 Å². The standard InChI is InChI=1S/C12H13NO/c1-4-10(2)13(11(3)14)12-8-6-5-7-9-12/h1,5-10H,2-3H3. The van der Waals surface area contributed by atoms with Crippen LogP contribution in [0.2, 0.25) is 0 Å². The molecule has 14 heavy (non-hydrogen) atoms. The molecule has 0 spiro atoms. The van der Waals surface area contributed by atoms with Crippen molar-refractivity contribution in [3.63, 3.8) is 0 Å². The SMILES string of the molecule is C#CC(C)N(C(C)=O)c1ccccc1. The Morgan fingerprint density at radius 1 is 1.43 bits per heavy atom. The molecule has 0 saturated heterocycles. The van der Waals surface area contributed by atoms with Crippen LogP contribution in [0.25, 0.3) is 0 Å². The lowest BCUT2D eigenvalue weighted by Gasteiger charge is -2.24. The van der Waals surface area contributed by atoms with Crippen molar-refractivity contribution in [3.05, 3.63) is 30.3 Å². The predicted octanol–water partition coefficient (Wildman–Crippen LogP) is 2.06. The minimum absolute atomic E-state index is 0.0401. The second-order valence-corrected chi connectivity index (χ2v) is 3.07. The van der Waals surface area contributed by atoms with Crippen LogP contribution in [0.15, 0.2) is 30.3 Å². The fraction of sp³-hybridized carbons (Fsp3) is 0.250. The van der Waals surface area contributed by atoms with Gasteiger partial charge in [-0.25, -0.2) is 0 Å². The molecule has 1 atom stereocenters. The van der Waals surface area contributed by atoms with Gasteiger partial charge in [-0.1, -0.05) is 24.1 Å². The van der Waals surface area contributed by atoms with Gasteiger partial charge >= 0.3 is 0 Å². The first-order valence-electron chi connectivity index (χ1n) is 4.47. The highest BCUT2D eigenvalue weighted by Crippen LogP contribution is 2.16. The summed E-state index contributed by atoms with van der Waals surface area (Å²) in [5.74, 6) is 2.51. The van der Waals surface area contributed by atoms with Gasteiger partial charge in [0.15, 0.2) is 0 Å². The summed E-state index contributed by atoms with van der Waals surface area (Å²) in [7, 11) is 0. The zero-order valence-corrected chi connectivity index (χ0v) is 8.40. The molecule has 2 nitrogen and oxygen atoms in total. The third kappa shape index (κ3) is 2.14. The maximum Gasteiger partial charge on any atom is 0.224 e. The normalized spacial score (nSPS) is 11.5. The molecule has 0 N–H and O–H groups in total. The second kappa shape index (κ2) is 4.48. The van der Waals surface area contributed by atoms with Crippen molar-refractivity contribution in [2.75, 3.05) is 4.90 Å². The van der Waals surface area contributed by atoms with Gasteiger partial charge in [-0.3, -0.25) is 9.69 Å². The first-order chi connectivity index (χ1) is 6.66. The summed E-state index contributed by atoms with van der Waals surface area (Å²) in [6.45, 7) is 3.34. The molecule has 2 heteroatoms. The number of carbonyl (C=O) groups is 1. The maximum absolute atomic E-state index is 11.4. The molecule has 0 heterocycles. The van der Waals surface area contributed by atoms with Crippen molar-refractivity contribution >= 4 is 11.6 Å². The number of anilines is 1. The average Bonchev–Trinajstić information content (AvgIpc) is 2.19. The summed E-state index contributed by atoms with van der Waals surface area (Å²) in [5.41, 5.74) is 0.838. The number of carbonyl (C=O) groups excluding carboxylic acids is 1. The zero-order valence-electron chi connectivity index (χ0n) is 8.40. The van der Waals surface area contributed by atoms with Crippen LogP contribution in [0.1, 0.15) is 13.8 Å². The molecule has 0 bridgehead atoms. The van der Waals surface area contributed by atoms with Crippen molar-refractivity contribution in [1.82, 2.24) is 0 Å². The smallest absolute Gasteiger partial charge is 0.224 e. The third-order valence-electron chi connectivity index (χ3n) is 2.00. The Hall–Kier alpha value is -1.75. The molecular formula is C12H13NO. The van der Waals surface area contributed by atoms with E-state index < -0.39 is 0 Å². The van der Waals surface area contributed by atoms with Gasteiger partial charge in [0.05, 0.1) is 6.04 Å². The van der Waals surface area contributed by atoms with E-state index in [1.54, 1.807) is 4.90 Å². The highest BCUT2D eigenvalue weighted by Gasteiger charge is 2.15. The van der Waals surface area contributed by atoms with Crippen LogP contribution in [0.5, 0.6) is 0 Å². The fourth-order valence-corrected chi connectivity index (χ4v) is 1.34. The molecular weight excluding hydrogens is 174 g/mol. The average molecular weight is 187 g/mol. The van der Waals surface area contributed by atoms with Crippen molar-refractivity contribution in [2.45, 2.75) is 19.9 Å². The van der Waals surface area contributed by atoms with Gasteiger partial charge in [0.2, 0.25) is 5.91 Å². The van der Waals surface area contributed by atoms with Crippen LogP contribution >= 0.6 is 0 Å². The predicted molar refractivity (Wildman–Crippen MR) is 57.9 cm³/mol. The maximum atomic E-state index is 11.4. The number of rotatable bonds is 2. The van der Waals surface area contributed by atoms with Crippen LogP contribution in [-0.4, -0.2) is 11.9 Å². The summed E-state index contributed by atoms with van der Waals surface area (Å²) < 4.78 is 0. The van der Waals surface area contributed by atoms with Gasteiger partial charge in [0, 0.05) is 12.6 Å². The molecule has 1 amide bonds. The molecule has 0 aliphatic heterocycles. The van der Waals surface area contributed by atoms with Crippen molar-refractivity contribution in [1.29, 1.82) is 0 Å². The first kappa shape index (κ1) is 10.3. The van der Waals surface area contributed by atoms with Gasteiger partial charge in [-0.2, -0.15) is 0 Å². The highest BCUT2D eigenvalue weighted by atomic mass is 16.2. The van der Waals surface area contributed by atoms with Gasteiger partial charge in [0.1, 0.15) is 0 Å². The van der Waals surface area contributed by atoms with Crippen LogP contribution in [-0.2, 0) is 4.79 Å². The summed E-state index contributed by atoms with van der Waals surface area (Å²) >= 11 is 0. The zero-order chi connectivity index (χ0) is 10.6. The first-order valence-corrected chi connectivity index (χ1v) is 4.47. The second-order valence-electron chi connectivity index (χ2n) is 3.07. The minimum atomic E-state index is -0.213. The van der Waals surface area contributed by atoms with Gasteiger partial charge in [-0.05, 0) is 19.1 Å². The third-order valence-corrected chi connectivity index (χ3v) is 2.00. The summed E-state index contributed by atoms with van der Waals surface area (Å²) in [4.78, 5) is 13.0. The van der Waals surface area contributed by atoms with Crippen LogP contribution < -0.4 is 4.90 Å². The van der Waals surface area contributed by atoms with E-state index >= 15 is 0 Å². The van der Waals surface area contributed by atoms with E-state index in [9.17, 15) is 4.79 Å². The minimum Gasteiger partial charge on any atom is -0.299 e. The Labute approximate surface area is 84.5 Å². The van der Waals surface area contributed by atoms with Crippen molar-refractivity contribution in [3.8, 4) is 12.3 Å². The molecule has 1 aromatic rings. The molecule has 0 aromatic heterocycles. The van der Waals surface area contributed by atoms with E-state index in [-0.39, 0.29) is 11.9 Å². The summed E-state index contributed by atoms with van der Waals surface area (Å²) in [6, 6.07) is 9.20. The number of para-hydroxylation sites is 1. The molecule has 72 valence electrons. The molecule has 0 aliphatic rings. The lowest BCUT2D eigenvalue weighted by molar-refractivity contribution is -0.116. The van der Waals surface area contributed by atoms with E-state index in [1.165, 1.54) is 6.92 Å². The lowest BCUT2D eigenvalue weighted by atomic mass is 10.2. The lowest BCUT2D eigenvalue weighted by Crippen LogP contribution is -2.36. The Balaban J connectivity index is 3.02. The molecule has 0 radical (unpaired) electrons. The van der Waals surface area contributed by atoms with E-state index in [2.05, 4.69) is 5.92 Å². The van der Waals surface area contributed by atoms with Gasteiger partial charge in [-0.15, -0.1) is 6.42 Å². The monoisotopic (exact) mass is 187 g/mol. The fourth-order valence-electron chi connectivity index (χ4n) is 1.34. The Morgan fingerprint density at radius 3 is 2.43 bits per heavy atom. The molecule has 1 aromatic carbocycles. The summed E-state index contributed by atoms with van der Waals surface area (Å²) in [6.07, 6.45) is 5.30. The number of hydrogen-bond donors (Lipinski definition) is 0. The van der Waals surface area contributed by atoms with Crippen molar-refractivity contribution < 1.29 is 4.79 Å². The quantitative estimate of drug-likeness (QED) is 0.649. The molecule has 0 fully saturated rings. The molecule has 1 rings (SSSR count). The largest absolute Gasteiger partial charge is 0.299 e. The molecule has 0 aliphatic carbocycles. The number of benzene rings is 1. The topological polar surface area (TPSA) is 20.3 Å². The van der Waals surface area contributed by atoms with Crippen LogP contribution in [0, 0.1) is 12.3 Å². The number of terminal acetylenes is 1. The number of nitrogens with zero attached hydrogens (tertiary/aromatic N) is 1. The van der Waals surface area contributed by atoms with E-state index in [1.807, 2.05) is 37.3 Å². The Morgan fingerprint density at radius 2 is 2.00 bits per heavy atom. The number of amides is 1. The van der Waals surface area contributed by atoms with Gasteiger partial charge < -0.3 is 0 Å². The molecule has 1 unspecified atom stereocenters. The van der Waals surface area contributed by atoms with E-state index in [0.29, 0.717) is 0 Å². The van der Waals surface area contributed by atoms with Crippen molar-refractivity contribution in [2.24, 2.45) is 0 Å². The molecule has 0 saturated carbocycles. The van der Waals surface area contributed by atoms with Crippen LogP contribution in [0.4, 0.5) is 5.69 Å². The number of hydrogen-bond acceptors (Lipinski definition) is 1.